The molecule has 2 rings (SSSR count). The fraction of sp³-hybridized carbons (Fsp3) is 0.211. The number of rotatable bonds is 6. The van der Waals surface area contributed by atoms with Gasteiger partial charge in [0.1, 0.15) is 0 Å². The lowest BCUT2D eigenvalue weighted by molar-refractivity contribution is -0.137. The number of nitrogens with zero attached hydrogens (tertiary/aromatic N) is 1. The third-order valence-electron chi connectivity index (χ3n) is 3.24. The van der Waals surface area contributed by atoms with E-state index in [1.807, 2.05) is 25.1 Å². The molecular weight excluding hydrogens is 318 g/mol. The first-order valence-electron chi connectivity index (χ1n) is 7.99. The van der Waals surface area contributed by atoms with Gasteiger partial charge in [-0.2, -0.15) is 0 Å². The SMILES string of the molecule is CCOC(=O)/C=C/c1ccc(NC(=O)NCc2cccc(C)n2)cc1. The zero-order chi connectivity index (χ0) is 18.1. The Morgan fingerprint density at radius 1 is 1.16 bits per heavy atom. The molecule has 0 atom stereocenters. The number of pyridine rings is 1. The van der Waals surface area contributed by atoms with E-state index in [1.165, 1.54) is 6.08 Å². The van der Waals surface area contributed by atoms with Crippen molar-refractivity contribution in [2.75, 3.05) is 11.9 Å². The Morgan fingerprint density at radius 3 is 2.60 bits per heavy atom. The van der Waals surface area contributed by atoms with Crippen LogP contribution in [0.1, 0.15) is 23.9 Å². The summed E-state index contributed by atoms with van der Waals surface area (Å²) in [6.45, 7) is 4.36. The zero-order valence-electron chi connectivity index (χ0n) is 14.3. The topological polar surface area (TPSA) is 80.3 Å². The second-order valence-corrected chi connectivity index (χ2v) is 5.29. The molecule has 2 aromatic rings. The van der Waals surface area contributed by atoms with Crippen molar-refractivity contribution in [1.82, 2.24) is 10.3 Å². The maximum atomic E-state index is 11.9. The molecule has 0 aliphatic heterocycles. The highest BCUT2D eigenvalue weighted by Crippen LogP contribution is 2.11. The van der Waals surface area contributed by atoms with Crippen LogP contribution in [0.5, 0.6) is 0 Å². The number of anilines is 1. The third kappa shape index (κ3) is 6.47. The number of benzene rings is 1. The van der Waals surface area contributed by atoms with E-state index in [0.29, 0.717) is 18.8 Å². The fourth-order valence-corrected chi connectivity index (χ4v) is 2.08. The number of nitrogens with one attached hydrogen (secondary N) is 2. The van der Waals surface area contributed by atoms with E-state index in [0.717, 1.165) is 17.0 Å². The van der Waals surface area contributed by atoms with E-state index in [-0.39, 0.29) is 12.0 Å². The number of esters is 1. The van der Waals surface area contributed by atoms with Crippen molar-refractivity contribution in [1.29, 1.82) is 0 Å². The van der Waals surface area contributed by atoms with Crippen LogP contribution in [-0.4, -0.2) is 23.6 Å². The predicted octanol–water partition coefficient (Wildman–Crippen LogP) is 3.29. The summed E-state index contributed by atoms with van der Waals surface area (Å²) >= 11 is 0. The summed E-state index contributed by atoms with van der Waals surface area (Å²) in [6.07, 6.45) is 3.03. The summed E-state index contributed by atoms with van der Waals surface area (Å²) < 4.78 is 4.81. The molecule has 0 fully saturated rings. The van der Waals surface area contributed by atoms with E-state index in [4.69, 9.17) is 4.74 Å². The fourth-order valence-electron chi connectivity index (χ4n) is 2.08. The minimum Gasteiger partial charge on any atom is -0.463 e. The van der Waals surface area contributed by atoms with Crippen molar-refractivity contribution < 1.29 is 14.3 Å². The summed E-state index contributed by atoms with van der Waals surface area (Å²) in [4.78, 5) is 27.5. The van der Waals surface area contributed by atoms with Crippen LogP contribution in [0.3, 0.4) is 0 Å². The molecule has 0 aliphatic rings. The van der Waals surface area contributed by atoms with Crippen LogP contribution in [0.4, 0.5) is 10.5 Å². The molecule has 0 bridgehead atoms. The first kappa shape index (κ1) is 18.2. The van der Waals surface area contributed by atoms with Gasteiger partial charge in [0.25, 0.3) is 0 Å². The van der Waals surface area contributed by atoms with Crippen molar-refractivity contribution in [3.8, 4) is 0 Å². The van der Waals surface area contributed by atoms with Crippen LogP contribution >= 0.6 is 0 Å². The highest BCUT2D eigenvalue weighted by molar-refractivity contribution is 5.90. The average Bonchev–Trinajstić information content (AvgIpc) is 2.60. The Hall–Kier alpha value is -3.15. The summed E-state index contributed by atoms with van der Waals surface area (Å²) in [7, 11) is 0. The molecule has 2 amide bonds. The number of carbonyl (C=O) groups is 2. The van der Waals surface area contributed by atoms with Gasteiger partial charge in [-0.15, -0.1) is 0 Å². The summed E-state index contributed by atoms with van der Waals surface area (Å²) in [6, 6.07) is 12.5. The van der Waals surface area contributed by atoms with E-state index >= 15 is 0 Å². The molecule has 1 aromatic carbocycles. The van der Waals surface area contributed by atoms with Gasteiger partial charge in [0.05, 0.1) is 18.8 Å². The van der Waals surface area contributed by atoms with Gasteiger partial charge in [-0.25, -0.2) is 9.59 Å². The van der Waals surface area contributed by atoms with Gasteiger partial charge in [0.15, 0.2) is 0 Å². The Kier molecular flexibility index (Phi) is 6.71. The highest BCUT2D eigenvalue weighted by atomic mass is 16.5. The monoisotopic (exact) mass is 339 g/mol. The molecule has 0 radical (unpaired) electrons. The predicted molar refractivity (Wildman–Crippen MR) is 96.9 cm³/mol. The van der Waals surface area contributed by atoms with E-state index < -0.39 is 0 Å². The lowest BCUT2D eigenvalue weighted by Crippen LogP contribution is -2.28. The molecule has 0 aliphatic carbocycles. The second kappa shape index (κ2) is 9.22. The van der Waals surface area contributed by atoms with E-state index in [2.05, 4.69) is 15.6 Å². The summed E-state index contributed by atoms with van der Waals surface area (Å²) in [5, 5.41) is 5.50. The molecule has 6 heteroatoms. The van der Waals surface area contributed by atoms with Gasteiger partial charge in [0, 0.05) is 17.5 Å². The van der Waals surface area contributed by atoms with E-state index in [1.54, 1.807) is 37.3 Å². The Labute approximate surface area is 146 Å². The Balaban J connectivity index is 1.83. The first-order valence-corrected chi connectivity index (χ1v) is 7.99. The average molecular weight is 339 g/mol. The van der Waals surface area contributed by atoms with Crippen LogP contribution in [0.25, 0.3) is 6.08 Å². The standard InChI is InChI=1S/C19H21N3O3/c1-3-25-18(23)12-9-15-7-10-16(11-8-15)22-19(24)20-13-17-6-4-5-14(2)21-17/h4-12H,3,13H2,1-2H3,(H2,20,22,24)/b12-9+. The number of hydrogen-bond acceptors (Lipinski definition) is 4. The quantitative estimate of drug-likeness (QED) is 0.625. The normalized spacial score (nSPS) is 10.5. The van der Waals surface area contributed by atoms with Crippen LogP contribution in [0.2, 0.25) is 0 Å². The molecular formula is C19H21N3O3. The lowest BCUT2D eigenvalue weighted by Gasteiger charge is -2.08. The molecule has 1 heterocycles. The van der Waals surface area contributed by atoms with Gasteiger partial charge in [-0.3, -0.25) is 4.98 Å². The third-order valence-corrected chi connectivity index (χ3v) is 3.24. The van der Waals surface area contributed by atoms with E-state index in [9.17, 15) is 9.59 Å². The minimum atomic E-state index is -0.381. The largest absolute Gasteiger partial charge is 0.463 e. The molecule has 0 unspecified atom stereocenters. The van der Waals surface area contributed by atoms with Crippen LogP contribution < -0.4 is 10.6 Å². The van der Waals surface area contributed by atoms with Crippen molar-refractivity contribution in [2.24, 2.45) is 0 Å². The molecule has 0 saturated carbocycles. The number of hydrogen-bond donors (Lipinski definition) is 2. The van der Waals surface area contributed by atoms with Crippen molar-refractivity contribution >= 4 is 23.8 Å². The Morgan fingerprint density at radius 2 is 1.92 bits per heavy atom. The maximum absolute atomic E-state index is 11.9. The molecule has 0 spiro atoms. The minimum absolute atomic E-state index is 0.307. The molecule has 0 saturated heterocycles. The number of amides is 2. The number of aryl methyl sites for hydroxylation is 1. The smallest absolute Gasteiger partial charge is 0.330 e. The number of carbonyl (C=O) groups excluding carboxylic acids is 2. The molecule has 130 valence electrons. The van der Waals surface area contributed by atoms with Crippen LogP contribution in [-0.2, 0) is 16.1 Å². The van der Waals surface area contributed by atoms with Gasteiger partial charge >= 0.3 is 12.0 Å². The number of ether oxygens (including phenoxy) is 1. The second-order valence-electron chi connectivity index (χ2n) is 5.29. The van der Waals surface area contributed by atoms with Crippen molar-refractivity contribution in [3.63, 3.8) is 0 Å². The molecule has 1 aromatic heterocycles. The van der Waals surface area contributed by atoms with Crippen molar-refractivity contribution in [2.45, 2.75) is 20.4 Å². The van der Waals surface area contributed by atoms with Gasteiger partial charge < -0.3 is 15.4 Å². The lowest BCUT2D eigenvalue weighted by atomic mass is 10.2. The maximum Gasteiger partial charge on any atom is 0.330 e. The Bertz CT molecular complexity index is 755. The van der Waals surface area contributed by atoms with Gasteiger partial charge in [-0.1, -0.05) is 18.2 Å². The number of urea groups is 1. The van der Waals surface area contributed by atoms with Gasteiger partial charge in [-0.05, 0) is 49.8 Å². The summed E-state index contributed by atoms with van der Waals surface area (Å²) in [5.41, 5.74) is 3.20. The molecule has 2 N–H and O–H groups in total. The first-order chi connectivity index (χ1) is 12.1. The van der Waals surface area contributed by atoms with Gasteiger partial charge in [0.2, 0.25) is 0 Å². The highest BCUT2D eigenvalue weighted by Gasteiger charge is 2.03. The molecule has 25 heavy (non-hydrogen) atoms. The zero-order valence-corrected chi connectivity index (χ0v) is 14.3. The number of aromatic nitrogens is 1. The van der Waals surface area contributed by atoms with Crippen LogP contribution in [0.15, 0.2) is 48.5 Å². The van der Waals surface area contributed by atoms with Crippen molar-refractivity contribution in [3.05, 3.63) is 65.5 Å². The molecule has 6 nitrogen and oxygen atoms in total. The van der Waals surface area contributed by atoms with Crippen LogP contribution in [0, 0.1) is 6.92 Å². The summed E-state index contributed by atoms with van der Waals surface area (Å²) in [5.74, 6) is -0.381.